The third kappa shape index (κ3) is 1.64. The smallest absolute Gasteiger partial charge is 0.278 e. The molecule has 0 aliphatic rings. The zero-order chi connectivity index (χ0) is 9.97. The molecular weight excluding hydrogens is 182 g/mol. The van der Waals surface area contributed by atoms with Gasteiger partial charge in [0.25, 0.3) is 5.89 Å². The molecule has 0 unspecified atom stereocenters. The second kappa shape index (κ2) is 3.59. The predicted octanol–water partition coefficient (Wildman–Crippen LogP) is 0.189. The van der Waals surface area contributed by atoms with E-state index in [0.29, 0.717) is 24.0 Å². The lowest BCUT2D eigenvalue weighted by Crippen LogP contribution is -2.06. The van der Waals surface area contributed by atoms with Gasteiger partial charge in [-0.3, -0.25) is 4.68 Å². The van der Waals surface area contributed by atoms with Gasteiger partial charge in [-0.2, -0.15) is 10.1 Å². The molecule has 2 aromatic rings. The summed E-state index contributed by atoms with van der Waals surface area (Å²) in [7, 11) is 3.67. The summed E-state index contributed by atoms with van der Waals surface area (Å²) < 4.78 is 6.73. The van der Waals surface area contributed by atoms with Crippen molar-refractivity contribution in [2.75, 3.05) is 7.05 Å². The fraction of sp³-hybridized carbons (Fsp3) is 0.375. The van der Waals surface area contributed by atoms with Gasteiger partial charge in [-0.1, -0.05) is 5.16 Å². The van der Waals surface area contributed by atoms with Crippen molar-refractivity contribution in [1.29, 1.82) is 0 Å². The number of aryl methyl sites for hydroxylation is 1. The summed E-state index contributed by atoms with van der Waals surface area (Å²) in [5, 5.41) is 10.9. The van der Waals surface area contributed by atoms with Crippen LogP contribution in [0.5, 0.6) is 0 Å². The summed E-state index contributed by atoms with van der Waals surface area (Å²) >= 11 is 0. The second-order valence-electron chi connectivity index (χ2n) is 2.92. The number of nitrogens with zero attached hydrogens (tertiary/aromatic N) is 4. The minimum atomic E-state index is 0.454. The first-order valence-electron chi connectivity index (χ1n) is 4.27. The van der Waals surface area contributed by atoms with Gasteiger partial charge in [0.15, 0.2) is 11.5 Å². The highest BCUT2D eigenvalue weighted by molar-refractivity contribution is 5.44. The topological polar surface area (TPSA) is 68.8 Å². The Morgan fingerprint density at radius 2 is 2.43 bits per heavy atom. The van der Waals surface area contributed by atoms with Crippen LogP contribution in [0.1, 0.15) is 5.82 Å². The first kappa shape index (κ1) is 8.89. The van der Waals surface area contributed by atoms with Crippen LogP contribution < -0.4 is 5.32 Å². The Morgan fingerprint density at radius 1 is 1.57 bits per heavy atom. The normalized spacial score (nSPS) is 10.7. The molecule has 0 aliphatic heterocycles. The standard InChI is InChI=1S/C8H11N5O/c1-9-5-7-10-8(14-12-7)6-3-4-13(2)11-6/h3-4,9H,5H2,1-2H3. The molecular formula is C8H11N5O. The van der Waals surface area contributed by atoms with Gasteiger partial charge in [-0.05, 0) is 13.1 Å². The van der Waals surface area contributed by atoms with Gasteiger partial charge in [0.2, 0.25) is 0 Å². The van der Waals surface area contributed by atoms with Crippen molar-refractivity contribution in [2.24, 2.45) is 7.05 Å². The van der Waals surface area contributed by atoms with Gasteiger partial charge in [-0.25, -0.2) is 0 Å². The van der Waals surface area contributed by atoms with E-state index in [9.17, 15) is 0 Å². The van der Waals surface area contributed by atoms with E-state index in [4.69, 9.17) is 4.52 Å². The number of hydrogen-bond acceptors (Lipinski definition) is 5. The van der Waals surface area contributed by atoms with Gasteiger partial charge >= 0.3 is 0 Å². The molecule has 2 aromatic heterocycles. The highest BCUT2D eigenvalue weighted by Gasteiger charge is 2.09. The lowest BCUT2D eigenvalue weighted by molar-refractivity contribution is 0.419. The van der Waals surface area contributed by atoms with Crippen molar-refractivity contribution in [3.63, 3.8) is 0 Å². The van der Waals surface area contributed by atoms with E-state index in [0.717, 1.165) is 0 Å². The van der Waals surface area contributed by atoms with Gasteiger partial charge in [0.1, 0.15) is 0 Å². The predicted molar refractivity (Wildman–Crippen MR) is 49.3 cm³/mol. The molecule has 74 valence electrons. The molecule has 0 spiro atoms. The third-order valence-electron chi connectivity index (χ3n) is 1.74. The molecule has 0 fully saturated rings. The molecule has 14 heavy (non-hydrogen) atoms. The average Bonchev–Trinajstić information content (AvgIpc) is 2.74. The fourth-order valence-electron chi connectivity index (χ4n) is 1.12. The van der Waals surface area contributed by atoms with Crippen LogP contribution in [0.2, 0.25) is 0 Å². The van der Waals surface area contributed by atoms with Crippen LogP contribution in [0, 0.1) is 0 Å². The number of aromatic nitrogens is 4. The Balaban J connectivity index is 2.24. The molecule has 6 heteroatoms. The van der Waals surface area contributed by atoms with E-state index < -0.39 is 0 Å². The van der Waals surface area contributed by atoms with Crippen LogP contribution in [0.3, 0.4) is 0 Å². The monoisotopic (exact) mass is 193 g/mol. The van der Waals surface area contributed by atoms with Crippen molar-refractivity contribution in [3.05, 3.63) is 18.1 Å². The summed E-state index contributed by atoms with van der Waals surface area (Å²) in [5.74, 6) is 1.09. The maximum absolute atomic E-state index is 5.04. The van der Waals surface area contributed by atoms with Crippen molar-refractivity contribution >= 4 is 0 Å². The number of nitrogens with one attached hydrogen (secondary N) is 1. The van der Waals surface area contributed by atoms with Gasteiger partial charge in [0.05, 0.1) is 6.54 Å². The van der Waals surface area contributed by atoms with E-state index in [1.165, 1.54) is 0 Å². The SMILES string of the molecule is CNCc1noc(-c2ccn(C)n2)n1. The van der Waals surface area contributed by atoms with Gasteiger partial charge < -0.3 is 9.84 Å². The quantitative estimate of drug-likeness (QED) is 0.753. The summed E-state index contributed by atoms with van der Waals surface area (Å²) in [6.45, 7) is 0.594. The molecule has 0 saturated carbocycles. The van der Waals surface area contributed by atoms with E-state index in [1.54, 1.807) is 4.68 Å². The maximum atomic E-state index is 5.04. The molecule has 6 nitrogen and oxygen atoms in total. The molecule has 0 bridgehead atoms. The zero-order valence-corrected chi connectivity index (χ0v) is 8.06. The fourth-order valence-corrected chi connectivity index (χ4v) is 1.12. The van der Waals surface area contributed by atoms with Crippen molar-refractivity contribution in [1.82, 2.24) is 25.2 Å². The lowest BCUT2D eigenvalue weighted by atomic mass is 10.4. The molecule has 0 saturated heterocycles. The Kier molecular flexibility index (Phi) is 2.28. The Labute approximate surface area is 80.9 Å². The van der Waals surface area contributed by atoms with Gasteiger partial charge in [0, 0.05) is 13.2 Å². The largest absolute Gasteiger partial charge is 0.332 e. The Bertz CT molecular complexity index is 419. The number of rotatable bonds is 3. The van der Waals surface area contributed by atoms with Crippen molar-refractivity contribution in [2.45, 2.75) is 6.54 Å². The summed E-state index contributed by atoms with van der Waals surface area (Å²) in [6.07, 6.45) is 1.83. The molecule has 1 N–H and O–H groups in total. The Hall–Kier alpha value is -1.69. The van der Waals surface area contributed by atoms with Crippen LogP contribution in [0.4, 0.5) is 0 Å². The molecule has 0 radical (unpaired) electrons. The Morgan fingerprint density at radius 3 is 3.07 bits per heavy atom. The van der Waals surface area contributed by atoms with Crippen LogP contribution >= 0.6 is 0 Å². The summed E-state index contributed by atoms with van der Waals surface area (Å²) in [6, 6.07) is 1.83. The molecule has 0 atom stereocenters. The van der Waals surface area contributed by atoms with Crippen LogP contribution in [0.15, 0.2) is 16.8 Å². The van der Waals surface area contributed by atoms with E-state index in [1.807, 2.05) is 26.4 Å². The lowest BCUT2D eigenvalue weighted by Gasteiger charge is -1.87. The van der Waals surface area contributed by atoms with Crippen LogP contribution in [-0.2, 0) is 13.6 Å². The molecule has 0 amide bonds. The second-order valence-corrected chi connectivity index (χ2v) is 2.92. The zero-order valence-electron chi connectivity index (χ0n) is 8.06. The molecule has 0 aliphatic carbocycles. The molecule has 2 heterocycles. The third-order valence-corrected chi connectivity index (χ3v) is 1.74. The number of hydrogen-bond donors (Lipinski definition) is 1. The highest BCUT2D eigenvalue weighted by atomic mass is 16.5. The van der Waals surface area contributed by atoms with Crippen molar-refractivity contribution in [3.8, 4) is 11.6 Å². The first-order valence-corrected chi connectivity index (χ1v) is 4.27. The van der Waals surface area contributed by atoms with E-state index >= 15 is 0 Å². The molecule has 2 rings (SSSR count). The van der Waals surface area contributed by atoms with E-state index in [2.05, 4.69) is 20.6 Å². The minimum Gasteiger partial charge on any atom is -0.332 e. The average molecular weight is 193 g/mol. The molecule has 0 aromatic carbocycles. The highest BCUT2D eigenvalue weighted by Crippen LogP contribution is 2.13. The van der Waals surface area contributed by atoms with Gasteiger partial charge in [-0.15, -0.1) is 0 Å². The minimum absolute atomic E-state index is 0.454. The van der Waals surface area contributed by atoms with Crippen molar-refractivity contribution < 1.29 is 4.52 Å². The summed E-state index contributed by atoms with van der Waals surface area (Å²) in [4.78, 5) is 4.17. The van der Waals surface area contributed by atoms with Crippen LogP contribution in [-0.4, -0.2) is 27.0 Å². The first-order chi connectivity index (χ1) is 6.79. The van der Waals surface area contributed by atoms with Crippen LogP contribution in [0.25, 0.3) is 11.6 Å². The summed E-state index contributed by atoms with van der Waals surface area (Å²) in [5.41, 5.74) is 0.697. The van der Waals surface area contributed by atoms with E-state index in [-0.39, 0.29) is 0 Å². The maximum Gasteiger partial charge on any atom is 0.278 e.